The van der Waals surface area contributed by atoms with Gasteiger partial charge in [-0.1, -0.05) is 0 Å². The molecule has 0 spiro atoms. The summed E-state index contributed by atoms with van der Waals surface area (Å²) in [4.78, 5) is 26.9. The first-order valence-corrected chi connectivity index (χ1v) is 7.63. The van der Waals surface area contributed by atoms with Crippen LogP contribution in [0.25, 0.3) is 0 Å². The second kappa shape index (κ2) is 8.83. The fraction of sp³-hybridized carbons (Fsp3) is 0.188. The minimum Gasteiger partial charge on any atom is -0.368 e. The maximum atomic E-state index is 12.8. The van der Waals surface area contributed by atoms with Crippen LogP contribution in [-0.4, -0.2) is 30.0 Å². The number of anilines is 1. The Morgan fingerprint density at radius 1 is 1.00 bits per heavy atom. The van der Waals surface area contributed by atoms with Gasteiger partial charge in [-0.15, -0.1) is 0 Å². The van der Waals surface area contributed by atoms with Crippen LogP contribution in [0.5, 0.6) is 0 Å². The fourth-order valence-electron chi connectivity index (χ4n) is 1.96. The van der Waals surface area contributed by atoms with E-state index < -0.39 is 29.5 Å². The molecule has 144 valence electrons. The number of nitrogens with one attached hydrogen (secondary N) is 4. The van der Waals surface area contributed by atoms with E-state index in [4.69, 9.17) is 0 Å². The molecule has 4 N–H and O–H groups in total. The van der Waals surface area contributed by atoms with Gasteiger partial charge in [0.1, 0.15) is 11.6 Å². The van der Waals surface area contributed by atoms with Gasteiger partial charge in [-0.3, -0.25) is 10.2 Å². The smallest absolute Gasteiger partial charge is 0.368 e. The van der Waals surface area contributed by atoms with Crippen molar-refractivity contribution in [3.8, 4) is 0 Å². The van der Waals surface area contributed by atoms with Crippen molar-refractivity contribution in [1.82, 2.24) is 21.2 Å². The number of hydrogen-bond donors (Lipinski definition) is 4. The Balaban J connectivity index is 1.72. The fourth-order valence-corrected chi connectivity index (χ4v) is 1.96. The monoisotopic (exact) mass is 385 g/mol. The van der Waals surface area contributed by atoms with E-state index in [1.54, 1.807) is 0 Å². The van der Waals surface area contributed by atoms with Gasteiger partial charge < -0.3 is 10.6 Å². The lowest BCUT2D eigenvalue weighted by Crippen LogP contribution is -2.47. The third-order valence-corrected chi connectivity index (χ3v) is 3.21. The van der Waals surface area contributed by atoms with E-state index in [2.05, 4.69) is 26.5 Å². The Kier molecular flexibility index (Phi) is 6.52. The van der Waals surface area contributed by atoms with E-state index in [0.717, 1.165) is 18.2 Å². The summed E-state index contributed by atoms with van der Waals surface area (Å²) in [6.07, 6.45) is -3.34. The first-order valence-electron chi connectivity index (χ1n) is 7.63. The lowest BCUT2D eigenvalue weighted by Gasteiger charge is -2.13. The maximum Gasteiger partial charge on any atom is 0.419 e. The van der Waals surface area contributed by atoms with Crippen molar-refractivity contribution in [2.24, 2.45) is 0 Å². The molecule has 1 heterocycles. The lowest BCUT2D eigenvalue weighted by molar-refractivity contribution is -0.137. The van der Waals surface area contributed by atoms with Gasteiger partial charge in [0.05, 0.1) is 5.56 Å². The minimum atomic E-state index is -4.55. The number of rotatable bonds is 5. The SMILES string of the molecule is O=C(NCCNc1ncccc1C(F)(F)F)NNC(=O)c1ccc(F)cc1. The summed E-state index contributed by atoms with van der Waals surface area (Å²) in [5, 5.41) is 4.81. The van der Waals surface area contributed by atoms with Crippen LogP contribution in [0.3, 0.4) is 0 Å². The number of benzene rings is 1. The van der Waals surface area contributed by atoms with E-state index in [1.807, 2.05) is 0 Å². The van der Waals surface area contributed by atoms with Crippen LogP contribution >= 0.6 is 0 Å². The highest BCUT2D eigenvalue weighted by Gasteiger charge is 2.33. The zero-order chi connectivity index (χ0) is 19.9. The van der Waals surface area contributed by atoms with Crippen molar-refractivity contribution < 1.29 is 27.2 Å². The van der Waals surface area contributed by atoms with Gasteiger partial charge in [0.2, 0.25) is 0 Å². The summed E-state index contributed by atoms with van der Waals surface area (Å²) >= 11 is 0. The number of urea groups is 1. The minimum absolute atomic E-state index is 0.0284. The third-order valence-electron chi connectivity index (χ3n) is 3.21. The number of amides is 3. The predicted molar refractivity (Wildman–Crippen MR) is 88.1 cm³/mol. The average Bonchev–Trinajstić information content (AvgIpc) is 2.63. The van der Waals surface area contributed by atoms with Gasteiger partial charge >= 0.3 is 12.2 Å². The zero-order valence-electron chi connectivity index (χ0n) is 13.7. The molecule has 27 heavy (non-hydrogen) atoms. The standard InChI is InChI=1S/C16H15F4N5O2/c17-11-5-3-10(4-6-11)14(26)24-25-15(27)23-9-8-22-13-12(16(18,19)20)2-1-7-21-13/h1-7H,8-9H2,(H,21,22)(H,24,26)(H2,23,25,27). The summed E-state index contributed by atoms with van der Waals surface area (Å²) in [5.74, 6) is -1.52. The molecule has 0 aliphatic carbocycles. The van der Waals surface area contributed by atoms with Crippen LogP contribution in [0.2, 0.25) is 0 Å². The molecule has 7 nitrogen and oxygen atoms in total. The van der Waals surface area contributed by atoms with Crippen molar-refractivity contribution >= 4 is 17.8 Å². The van der Waals surface area contributed by atoms with Crippen molar-refractivity contribution in [2.75, 3.05) is 18.4 Å². The lowest BCUT2D eigenvalue weighted by atomic mass is 10.2. The van der Waals surface area contributed by atoms with Gasteiger partial charge in [-0.05, 0) is 36.4 Å². The van der Waals surface area contributed by atoms with Crippen LogP contribution in [-0.2, 0) is 6.18 Å². The van der Waals surface area contributed by atoms with Crippen molar-refractivity contribution in [2.45, 2.75) is 6.18 Å². The second-order valence-electron chi connectivity index (χ2n) is 5.17. The second-order valence-corrected chi connectivity index (χ2v) is 5.17. The van der Waals surface area contributed by atoms with E-state index >= 15 is 0 Å². The highest BCUT2D eigenvalue weighted by atomic mass is 19.4. The van der Waals surface area contributed by atoms with Crippen LogP contribution < -0.4 is 21.5 Å². The van der Waals surface area contributed by atoms with E-state index in [9.17, 15) is 27.2 Å². The molecule has 2 aromatic rings. The third kappa shape index (κ3) is 6.13. The van der Waals surface area contributed by atoms with Crippen LogP contribution in [0.15, 0.2) is 42.6 Å². The summed E-state index contributed by atoms with van der Waals surface area (Å²) in [5.41, 5.74) is 3.38. The Labute approximate surface area is 151 Å². The molecule has 0 saturated carbocycles. The number of pyridine rings is 1. The quantitative estimate of drug-likeness (QED) is 0.361. The van der Waals surface area contributed by atoms with Gasteiger partial charge in [-0.25, -0.2) is 19.6 Å². The number of carbonyl (C=O) groups excluding carboxylic acids is 2. The summed E-state index contributed by atoms with van der Waals surface area (Å²) < 4.78 is 51.2. The van der Waals surface area contributed by atoms with E-state index in [0.29, 0.717) is 0 Å². The molecular weight excluding hydrogens is 370 g/mol. The van der Waals surface area contributed by atoms with Crippen LogP contribution in [0.4, 0.5) is 28.2 Å². The van der Waals surface area contributed by atoms with Crippen molar-refractivity contribution in [1.29, 1.82) is 0 Å². The van der Waals surface area contributed by atoms with E-state index in [1.165, 1.54) is 24.4 Å². The van der Waals surface area contributed by atoms with Crippen molar-refractivity contribution in [3.63, 3.8) is 0 Å². The maximum absolute atomic E-state index is 12.8. The average molecular weight is 385 g/mol. The molecule has 0 fully saturated rings. The molecule has 0 aliphatic rings. The Bertz CT molecular complexity index is 796. The van der Waals surface area contributed by atoms with Gasteiger partial charge in [0.25, 0.3) is 5.91 Å². The highest BCUT2D eigenvalue weighted by Crippen LogP contribution is 2.33. The Morgan fingerprint density at radius 2 is 1.70 bits per heavy atom. The first kappa shape index (κ1) is 19.9. The number of alkyl halides is 3. The van der Waals surface area contributed by atoms with E-state index in [-0.39, 0.29) is 24.5 Å². The number of carbonyl (C=O) groups is 2. The van der Waals surface area contributed by atoms with Gasteiger partial charge in [0.15, 0.2) is 0 Å². The molecule has 0 bridgehead atoms. The van der Waals surface area contributed by atoms with Crippen molar-refractivity contribution in [3.05, 3.63) is 59.5 Å². The molecule has 0 aliphatic heterocycles. The molecule has 2 rings (SSSR count). The topological polar surface area (TPSA) is 95.2 Å². The number of hydrogen-bond acceptors (Lipinski definition) is 4. The zero-order valence-corrected chi connectivity index (χ0v) is 13.7. The molecule has 1 aromatic heterocycles. The molecule has 11 heteroatoms. The first-order chi connectivity index (χ1) is 12.8. The number of aromatic nitrogens is 1. The van der Waals surface area contributed by atoms with Crippen LogP contribution in [0, 0.1) is 5.82 Å². The highest BCUT2D eigenvalue weighted by molar-refractivity contribution is 5.95. The molecule has 0 unspecified atom stereocenters. The molecule has 3 amide bonds. The Morgan fingerprint density at radius 3 is 2.37 bits per heavy atom. The summed E-state index contributed by atoms with van der Waals surface area (Å²) in [6.45, 7) is -0.0639. The Hall–Kier alpha value is -3.37. The number of halogens is 4. The van der Waals surface area contributed by atoms with Gasteiger partial charge in [-0.2, -0.15) is 13.2 Å². The summed E-state index contributed by atoms with van der Waals surface area (Å²) in [6, 6.07) is 5.94. The molecular formula is C16H15F4N5O2. The molecule has 0 saturated heterocycles. The normalized spacial score (nSPS) is 10.8. The molecule has 0 atom stereocenters. The molecule has 1 aromatic carbocycles. The van der Waals surface area contributed by atoms with Crippen LogP contribution in [0.1, 0.15) is 15.9 Å². The largest absolute Gasteiger partial charge is 0.419 e. The number of hydrazine groups is 1. The van der Waals surface area contributed by atoms with Gasteiger partial charge in [0, 0.05) is 24.8 Å². The predicted octanol–water partition coefficient (Wildman–Crippen LogP) is 2.30. The molecule has 0 radical (unpaired) electrons. The summed E-state index contributed by atoms with van der Waals surface area (Å²) in [7, 11) is 0. The number of nitrogens with zero attached hydrogens (tertiary/aromatic N) is 1.